The topological polar surface area (TPSA) is 137 Å². The molecule has 0 aliphatic carbocycles. The number of benzene rings is 1. The number of carboxylic acids is 2. The maximum atomic E-state index is 12.1. The van der Waals surface area contributed by atoms with Crippen LogP contribution in [0, 0.1) is 5.92 Å². The second-order valence-corrected chi connectivity index (χ2v) is 6.82. The molecule has 1 aliphatic heterocycles. The van der Waals surface area contributed by atoms with Crippen LogP contribution in [0.25, 0.3) is 11.1 Å². The molecule has 3 rings (SSSR count). The summed E-state index contributed by atoms with van der Waals surface area (Å²) in [7, 11) is 0. The number of aromatic nitrogens is 1. The Bertz CT molecular complexity index is 941. The number of nitrogens with one attached hydrogen (secondary N) is 1. The van der Waals surface area contributed by atoms with Crippen LogP contribution in [0.2, 0.25) is 0 Å². The van der Waals surface area contributed by atoms with Crippen LogP contribution in [0.4, 0.5) is 11.5 Å². The Hall–Kier alpha value is -3.29. The first-order valence-corrected chi connectivity index (χ1v) is 8.67. The van der Waals surface area contributed by atoms with E-state index in [1.807, 2.05) is 0 Å². The predicted octanol–water partition coefficient (Wildman–Crippen LogP) is 2.26. The predicted molar refractivity (Wildman–Crippen MR) is 101 cm³/mol. The number of piperidine rings is 1. The molecule has 0 atom stereocenters. The van der Waals surface area contributed by atoms with Gasteiger partial charge in [-0.15, -0.1) is 0 Å². The molecule has 0 saturated carbocycles. The van der Waals surface area contributed by atoms with Crippen LogP contribution in [0.5, 0.6) is 0 Å². The van der Waals surface area contributed by atoms with Gasteiger partial charge >= 0.3 is 11.9 Å². The fourth-order valence-corrected chi connectivity index (χ4v) is 3.44. The SMILES string of the molecule is CC1CCN(c2ccc(-c3c(C(=O)O)c(N)[nH]c(=O)c3C(=O)O)cc2)CC1. The smallest absolute Gasteiger partial charge is 0.342 e. The summed E-state index contributed by atoms with van der Waals surface area (Å²) < 4.78 is 0. The molecule has 5 N–H and O–H groups in total. The van der Waals surface area contributed by atoms with Crippen LogP contribution in [-0.4, -0.2) is 40.2 Å². The third-order valence-corrected chi connectivity index (χ3v) is 4.98. The monoisotopic (exact) mass is 371 g/mol. The zero-order valence-electron chi connectivity index (χ0n) is 14.9. The molecule has 0 unspecified atom stereocenters. The molecule has 1 aromatic carbocycles. The normalized spacial score (nSPS) is 14.9. The van der Waals surface area contributed by atoms with Gasteiger partial charge in [0.15, 0.2) is 0 Å². The molecule has 8 nitrogen and oxygen atoms in total. The number of anilines is 2. The second kappa shape index (κ2) is 7.14. The molecule has 2 aromatic rings. The summed E-state index contributed by atoms with van der Waals surface area (Å²) in [4.78, 5) is 39.6. The van der Waals surface area contributed by atoms with E-state index in [2.05, 4.69) is 16.8 Å². The molecule has 27 heavy (non-hydrogen) atoms. The summed E-state index contributed by atoms with van der Waals surface area (Å²) in [5, 5.41) is 18.9. The summed E-state index contributed by atoms with van der Waals surface area (Å²) in [6.45, 7) is 4.08. The van der Waals surface area contributed by atoms with Crippen LogP contribution >= 0.6 is 0 Å². The number of rotatable bonds is 4. The number of hydrogen-bond acceptors (Lipinski definition) is 5. The Morgan fingerprint density at radius 2 is 1.63 bits per heavy atom. The first-order chi connectivity index (χ1) is 12.8. The van der Waals surface area contributed by atoms with Gasteiger partial charge in [0.1, 0.15) is 16.9 Å². The van der Waals surface area contributed by atoms with Crippen molar-refractivity contribution >= 4 is 23.4 Å². The molecule has 1 saturated heterocycles. The van der Waals surface area contributed by atoms with Gasteiger partial charge in [-0.25, -0.2) is 9.59 Å². The average molecular weight is 371 g/mol. The Balaban J connectivity index is 2.09. The summed E-state index contributed by atoms with van der Waals surface area (Å²) in [6, 6.07) is 6.86. The highest BCUT2D eigenvalue weighted by Gasteiger charge is 2.26. The Kier molecular flexibility index (Phi) is 4.89. The van der Waals surface area contributed by atoms with Gasteiger partial charge in [-0.1, -0.05) is 19.1 Å². The summed E-state index contributed by atoms with van der Waals surface area (Å²) in [5.74, 6) is -2.60. The number of hydrogen-bond donors (Lipinski definition) is 4. The lowest BCUT2D eigenvalue weighted by molar-refractivity contribution is 0.0695. The van der Waals surface area contributed by atoms with Gasteiger partial charge in [0.25, 0.3) is 5.56 Å². The van der Waals surface area contributed by atoms with Gasteiger partial charge < -0.3 is 25.8 Å². The van der Waals surface area contributed by atoms with Crippen molar-refractivity contribution in [1.29, 1.82) is 0 Å². The minimum absolute atomic E-state index is 0.185. The van der Waals surface area contributed by atoms with Crippen LogP contribution in [-0.2, 0) is 0 Å². The maximum absolute atomic E-state index is 12.1. The lowest BCUT2D eigenvalue weighted by Gasteiger charge is -2.32. The summed E-state index contributed by atoms with van der Waals surface area (Å²) in [5.41, 5.74) is 4.75. The number of pyridine rings is 1. The molecule has 1 aliphatic rings. The van der Waals surface area contributed by atoms with Gasteiger partial charge in [0.05, 0.1) is 0 Å². The van der Waals surface area contributed by atoms with E-state index in [1.54, 1.807) is 24.3 Å². The van der Waals surface area contributed by atoms with Crippen molar-refractivity contribution in [2.45, 2.75) is 19.8 Å². The molecule has 0 spiro atoms. The van der Waals surface area contributed by atoms with Crippen molar-refractivity contribution in [1.82, 2.24) is 4.98 Å². The standard InChI is InChI=1S/C19H21N3O5/c1-10-6-8-22(9-7-10)12-4-2-11(3-5-12)13-14(18(24)25)16(20)21-17(23)15(13)19(26)27/h2-5,10H,6-9H2,1H3,(H,24,25)(H,26,27)(H3,20,21,23). The lowest BCUT2D eigenvalue weighted by Crippen LogP contribution is -2.32. The van der Waals surface area contributed by atoms with Crippen LogP contribution in [0.1, 0.15) is 40.5 Å². The van der Waals surface area contributed by atoms with Gasteiger partial charge in [0, 0.05) is 24.3 Å². The van der Waals surface area contributed by atoms with Crippen molar-refractivity contribution in [2.75, 3.05) is 23.7 Å². The Morgan fingerprint density at radius 3 is 2.15 bits per heavy atom. The van der Waals surface area contributed by atoms with Crippen molar-refractivity contribution in [3.8, 4) is 11.1 Å². The number of H-pyrrole nitrogens is 1. The molecule has 8 heteroatoms. The molecular formula is C19H21N3O5. The minimum Gasteiger partial charge on any atom is -0.478 e. The number of carbonyl (C=O) groups is 2. The van der Waals surface area contributed by atoms with Crippen molar-refractivity contribution in [3.05, 3.63) is 45.7 Å². The van der Waals surface area contributed by atoms with Gasteiger partial charge in [0.2, 0.25) is 0 Å². The van der Waals surface area contributed by atoms with E-state index < -0.39 is 28.6 Å². The number of nitrogens with zero attached hydrogens (tertiary/aromatic N) is 1. The number of aromatic amines is 1. The number of aromatic carboxylic acids is 2. The molecule has 0 bridgehead atoms. The number of carboxylic acid groups (broad SMARTS) is 2. The molecule has 2 heterocycles. The van der Waals surface area contributed by atoms with E-state index >= 15 is 0 Å². The third kappa shape index (κ3) is 3.51. The fraction of sp³-hybridized carbons (Fsp3) is 0.316. The lowest BCUT2D eigenvalue weighted by atomic mass is 9.94. The zero-order valence-corrected chi connectivity index (χ0v) is 14.9. The van der Waals surface area contributed by atoms with E-state index in [4.69, 9.17) is 5.73 Å². The Morgan fingerprint density at radius 1 is 1.07 bits per heavy atom. The Labute approximate surface area is 155 Å². The van der Waals surface area contributed by atoms with Crippen LogP contribution < -0.4 is 16.2 Å². The molecule has 142 valence electrons. The van der Waals surface area contributed by atoms with E-state index in [1.165, 1.54) is 0 Å². The van der Waals surface area contributed by atoms with Gasteiger partial charge in [-0.05, 0) is 36.5 Å². The van der Waals surface area contributed by atoms with Gasteiger partial charge in [-0.2, -0.15) is 0 Å². The minimum atomic E-state index is -1.51. The molecule has 1 fully saturated rings. The highest BCUT2D eigenvalue weighted by molar-refractivity contribution is 6.07. The number of nitrogens with two attached hydrogens (primary N) is 1. The maximum Gasteiger partial charge on any atom is 0.342 e. The molecular weight excluding hydrogens is 350 g/mol. The van der Waals surface area contributed by atoms with Crippen molar-refractivity contribution in [3.63, 3.8) is 0 Å². The van der Waals surface area contributed by atoms with E-state index in [0.717, 1.165) is 31.6 Å². The molecule has 0 radical (unpaired) electrons. The first-order valence-electron chi connectivity index (χ1n) is 8.67. The third-order valence-electron chi connectivity index (χ3n) is 4.98. The van der Waals surface area contributed by atoms with Crippen LogP contribution in [0.15, 0.2) is 29.1 Å². The van der Waals surface area contributed by atoms with Gasteiger partial charge in [-0.3, -0.25) is 4.79 Å². The highest BCUT2D eigenvalue weighted by Crippen LogP contribution is 2.31. The van der Waals surface area contributed by atoms with E-state index in [0.29, 0.717) is 11.5 Å². The second-order valence-electron chi connectivity index (χ2n) is 6.82. The van der Waals surface area contributed by atoms with Crippen molar-refractivity contribution < 1.29 is 19.8 Å². The largest absolute Gasteiger partial charge is 0.478 e. The molecule has 0 amide bonds. The van der Waals surface area contributed by atoms with E-state index in [9.17, 15) is 24.6 Å². The quantitative estimate of drug-likeness (QED) is 0.647. The number of nitrogen functional groups attached to an aromatic ring is 1. The molecule has 1 aromatic heterocycles. The van der Waals surface area contributed by atoms with E-state index in [-0.39, 0.29) is 11.4 Å². The fourth-order valence-electron chi connectivity index (χ4n) is 3.44. The zero-order chi connectivity index (χ0) is 19.7. The van der Waals surface area contributed by atoms with Crippen molar-refractivity contribution in [2.24, 2.45) is 5.92 Å². The average Bonchev–Trinajstić information content (AvgIpc) is 2.61. The summed E-state index contributed by atoms with van der Waals surface area (Å²) >= 11 is 0. The first kappa shape index (κ1) is 18.5. The highest BCUT2D eigenvalue weighted by atomic mass is 16.4. The van der Waals surface area contributed by atoms with Crippen LogP contribution in [0.3, 0.4) is 0 Å². The summed E-state index contributed by atoms with van der Waals surface area (Å²) in [6.07, 6.45) is 2.19.